The highest BCUT2D eigenvalue weighted by atomic mass is 19.1. The van der Waals surface area contributed by atoms with Gasteiger partial charge in [-0.3, -0.25) is 0 Å². The summed E-state index contributed by atoms with van der Waals surface area (Å²) in [5.41, 5.74) is 0.0301. The van der Waals surface area contributed by atoms with Crippen LogP contribution in [0.5, 0.6) is 0 Å². The molecule has 1 aromatic heterocycles. The first kappa shape index (κ1) is 15.0. The van der Waals surface area contributed by atoms with Gasteiger partial charge in [0.1, 0.15) is 0 Å². The first-order valence-electron chi connectivity index (χ1n) is 6.93. The number of anilines is 2. The van der Waals surface area contributed by atoms with Crippen molar-refractivity contribution in [2.45, 2.75) is 31.2 Å². The lowest BCUT2D eigenvalue weighted by molar-refractivity contribution is 0.172. The Morgan fingerprint density at radius 1 is 1.20 bits per heavy atom. The van der Waals surface area contributed by atoms with Crippen LogP contribution in [0.2, 0.25) is 0 Å². The standard InChI is InChI=1S/C14H22F2N4/c1-17-12-10(15)8-11(16)13(19-12)18-9-14(20(2)3)6-4-5-7-14/h8H,4-7,9H2,1-3H3,(H2,17,18,19). The SMILES string of the molecule is CNc1nc(NCC2(N(C)C)CCCC2)c(F)cc1F. The van der Waals surface area contributed by atoms with Gasteiger partial charge in [0.05, 0.1) is 0 Å². The highest BCUT2D eigenvalue weighted by molar-refractivity contribution is 5.47. The predicted molar refractivity (Wildman–Crippen MR) is 77.1 cm³/mol. The van der Waals surface area contributed by atoms with Crippen molar-refractivity contribution < 1.29 is 8.78 Å². The highest BCUT2D eigenvalue weighted by Crippen LogP contribution is 2.34. The van der Waals surface area contributed by atoms with E-state index in [9.17, 15) is 8.78 Å². The van der Waals surface area contributed by atoms with E-state index in [2.05, 4.69) is 20.5 Å². The van der Waals surface area contributed by atoms with Crippen LogP contribution in [0.3, 0.4) is 0 Å². The maximum atomic E-state index is 13.8. The minimum atomic E-state index is -0.682. The van der Waals surface area contributed by atoms with Crippen molar-refractivity contribution in [3.8, 4) is 0 Å². The third-order valence-electron chi connectivity index (χ3n) is 4.23. The van der Waals surface area contributed by atoms with Gasteiger partial charge in [-0.2, -0.15) is 0 Å². The van der Waals surface area contributed by atoms with Gasteiger partial charge >= 0.3 is 0 Å². The molecule has 0 aliphatic heterocycles. The van der Waals surface area contributed by atoms with Crippen LogP contribution < -0.4 is 10.6 Å². The summed E-state index contributed by atoms with van der Waals surface area (Å²) in [6, 6.07) is 0.859. The number of hydrogen-bond acceptors (Lipinski definition) is 4. The molecule has 0 amide bonds. The van der Waals surface area contributed by atoms with Gasteiger partial charge in [-0.1, -0.05) is 12.8 Å². The zero-order valence-corrected chi connectivity index (χ0v) is 12.3. The fraction of sp³-hybridized carbons (Fsp3) is 0.643. The molecule has 1 aliphatic rings. The molecule has 0 saturated heterocycles. The summed E-state index contributed by atoms with van der Waals surface area (Å²) < 4.78 is 27.1. The molecule has 1 fully saturated rings. The van der Waals surface area contributed by atoms with Crippen molar-refractivity contribution in [1.29, 1.82) is 0 Å². The molecular weight excluding hydrogens is 262 g/mol. The van der Waals surface area contributed by atoms with Crippen molar-refractivity contribution >= 4 is 11.6 Å². The second-order valence-electron chi connectivity index (χ2n) is 5.58. The van der Waals surface area contributed by atoms with E-state index >= 15 is 0 Å². The Kier molecular flexibility index (Phi) is 4.42. The molecule has 0 aromatic carbocycles. The van der Waals surface area contributed by atoms with E-state index in [1.165, 1.54) is 12.8 Å². The van der Waals surface area contributed by atoms with Crippen LogP contribution in [-0.2, 0) is 0 Å². The molecule has 0 unspecified atom stereocenters. The summed E-state index contributed by atoms with van der Waals surface area (Å²) in [5.74, 6) is -1.18. The van der Waals surface area contributed by atoms with Gasteiger partial charge in [-0.05, 0) is 26.9 Å². The first-order valence-corrected chi connectivity index (χ1v) is 6.93. The van der Waals surface area contributed by atoms with Gasteiger partial charge in [0.15, 0.2) is 23.3 Å². The van der Waals surface area contributed by atoms with Gasteiger partial charge < -0.3 is 15.5 Å². The van der Waals surface area contributed by atoms with Crippen molar-refractivity contribution in [3.05, 3.63) is 17.7 Å². The Bertz CT molecular complexity index is 470. The molecular formula is C14H22F2N4. The Morgan fingerprint density at radius 2 is 1.80 bits per heavy atom. The molecule has 4 nitrogen and oxygen atoms in total. The molecule has 1 aliphatic carbocycles. The summed E-state index contributed by atoms with van der Waals surface area (Å²) in [7, 11) is 5.65. The summed E-state index contributed by atoms with van der Waals surface area (Å²) in [4.78, 5) is 6.14. The third-order valence-corrected chi connectivity index (χ3v) is 4.23. The van der Waals surface area contributed by atoms with Crippen molar-refractivity contribution in [2.75, 3.05) is 38.3 Å². The number of likely N-dealkylation sites (N-methyl/N-ethyl adjacent to an activating group) is 1. The van der Waals surface area contributed by atoms with Crippen LogP contribution in [0, 0.1) is 11.6 Å². The molecule has 1 heterocycles. The molecule has 20 heavy (non-hydrogen) atoms. The lowest BCUT2D eigenvalue weighted by Gasteiger charge is -2.36. The maximum absolute atomic E-state index is 13.8. The molecule has 2 rings (SSSR count). The smallest absolute Gasteiger partial charge is 0.168 e. The molecule has 2 N–H and O–H groups in total. The second-order valence-corrected chi connectivity index (χ2v) is 5.58. The fourth-order valence-corrected chi connectivity index (χ4v) is 2.83. The van der Waals surface area contributed by atoms with Gasteiger partial charge in [-0.15, -0.1) is 0 Å². The normalized spacial score (nSPS) is 17.5. The zero-order valence-electron chi connectivity index (χ0n) is 12.3. The maximum Gasteiger partial charge on any atom is 0.168 e. The highest BCUT2D eigenvalue weighted by Gasteiger charge is 2.36. The van der Waals surface area contributed by atoms with Crippen molar-refractivity contribution in [2.24, 2.45) is 0 Å². The van der Waals surface area contributed by atoms with Crippen LogP contribution in [0.15, 0.2) is 6.07 Å². The van der Waals surface area contributed by atoms with E-state index in [0.29, 0.717) is 6.54 Å². The average molecular weight is 284 g/mol. The average Bonchev–Trinajstić information content (AvgIpc) is 2.88. The molecule has 112 valence electrons. The monoisotopic (exact) mass is 284 g/mol. The summed E-state index contributed by atoms with van der Waals surface area (Å²) in [6.45, 7) is 0.610. The van der Waals surface area contributed by atoms with Gasteiger partial charge in [0, 0.05) is 25.2 Å². The van der Waals surface area contributed by atoms with Gasteiger partial charge in [-0.25, -0.2) is 13.8 Å². The lowest BCUT2D eigenvalue weighted by atomic mass is 9.96. The first-order chi connectivity index (χ1) is 9.48. The van der Waals surface area contributed by atoms with Crippen molar-refractivity contribution in [3.63, 3.8) is 0 Å². The topological polar surface area (TPSA) is 40.2 Å². The fourth-order valence-electron chi connectivity index (χ4n) is 2.83. The predicted octanol–water partition coefficient (Wildman–Crippen LogP) is 2.69. The number of aromatic nitrogens is 1. The lowest BCUT2D eigenvalue weighted by Crippen LogP contribution is -2.47. The number of rotatable bonds is 5. The summed E-state index contributed by atoms with van der Waals surface area (Å²) >= 11 is 0. The van der Waals surface area contributed by atoms with E-state index < -0.39 is 11.6 Å². The number of nitrogens with one attached hydrogen (secondary N) is 2. The van der Waals surface area contributed by atoms with Gasteiger partial charge in [0.25, 0.3) is 0 Å². The van der Waals surface area contributed by atoms with E-state index in [1.54, 1.807) is 7.05 Å². The van der Waals surface area contributed by atoms with Crippen LogP contribution in [0.1, 0.15) is 25.7 Å². The van der Waals surface area contributed by atoms with E-state index in [4.69, 9.17) is 0 Å². The molecule has 0 spiro atoms. The zero-order chi connectivity index (χ0) is 14.8. The Balaban J connectivity index is 2.14. The quantitative estimate of drug-likeness (QED) is 0.872. The van der Waals surface area contributed by atoms with Crippen molar-refractivity contribution in [1.82, 2.24) is 9.88 Å². The molecule has 6 heteroatoms. The number of halogens is 2. The number of nitrogens with zero attached hydrogens (tertiary/aromatic N) is 2. The summed E-state index contributed by atoms with van der Waals surface area (Å²) in [5, 5.41) is 5.66. The van der Waals surface area contributed by atoms with E-state index in [-0.39, 0.29) is 17.2 Å². The second kappa shape index (κ2) is 5.91. The van der Waals surface area contributed by atoms with Crippen LogP contribution in [0.25, 0.3) is 0 Å². The molecule has 1 aromatic rings. The Morgan fingerprint density at radius 3 is 2.35 bits per heavy atom. The van der Waals surface area contributed by atoms with E-state index in [0.717, 1.165) is 18.9 Å². The van der Waals surface area contributed by atoms with Crippen LogP contribution >= 0.6 is 0 Å². The minimum absolute atomic E-state index is 0.0301. The molecule has 1 saturated carbocycles. The molecule has 0 radical (unpaired) electrons. The summed E-state index contributed by atoms with van der Waals surface area (Å²) in [6.07, 6.45) is 4.52. The minimum Gasteiger partial charge on any atom is -0.371 e. The molecule has 0 atom stereocenters. The number of pyridine rings is 1. The van der Waals surface area contributed by atoms with Crippen LogP contribution in [-0.4, -0.2) is 43.1 Å². The van der Waals surface area contributed by atoms with Crippen LogP contribution in [0.4, 0.5) is 20.4 Å². The molecule has 0 bridgehead atoms. The Labute approximate surface area is 118 Å². The van der Waals surface area contributed by atoms with E-state index in [1.807, 2.05) is 14.1 Å². The third kappa shape index (κ3) is 2.85. The largest absolute Gasteiger partial charge is 0.371 e. The number of hydrogen-bond donors (Lipinski definition) is 2. The Hall–Kier alpha value is -1.43. The van der Waals surface area contributed by atoms with Gasteiger partial charge in [0.2, 0.25) is 0 Å².